The van der Waals surface area contributed by atoms with Crippen molar-refractivity contribution in [2.24, 2.45) is 0 Å². The van der Waals surface area contributed by atoms with Crippen LogP contribution in [0.15, 0.2) is 11.4 Å². The van der Waals surface area contributed by atoms with Crippen LogP contribution < -0.4 is 5.32 Å². The molecule has 2 aromatic rings. The third kappa shape index (κ3) is 3.17. The summed E-state index contributed by atoms with van der Waals surface area (Å²) in [5.41, 5.74) is -0.520. The zero-order chi connectivity index (χ0) is 14.9. The number of fused-ring (bicyclic) bond motifs is 1. The number of hydrogen-bond acceptors (Lipinski definition) is 6. The Morgan fingerprint density at radius 3 is 2.86 bits per heavy atom. The van der Waals surface area contributed by atoms with Crippen molar-refractivity contribution in [1.82, 2.24) is 14.9 Å². The van der Waals surface area contributed by atoms with E-state index in [4.69, 9.17) is 0 Å². The minimum Gasteiger partial charge on any atom is -0.389 e. The van der Waals surface area contributed by atoms with Crippen molar-refractivity contribution >= 4 is 27.4 Å². The zero-order valence-electron chi connectivity index (χ0n) is 12.6. The molecule has 3 rings (SSSR count). The molecule has 0 saturated heterocycles. The van der Waals surface area contributed by atoms with Gasteiger partial charge in [0.1, 0.15) is 16.5 Å². The highest BCUT2D eigenvalue weighted by molar-refractivity contribution is 7.16. The summed E-state index contributed by atoms with van der Waals surface area (Å²) < 4.78 is 0. The molecule has 21 heavy (non-hydrogen) atoms. The Hall–Kier alpha value is -1.24. The minimum absolute atomic E-state index is 0.520. The van der Waals surface area contributed by atoms with Crippen LogP contribution in [0.1, 0.15) is 31.5 Å². The second-order valence-corrected chi connectivity index (χ2v) is 6.88. The van der Waals surface area contributed by atoms with Gasteiger partial charge in [-0.1, -0.05) is 12.8 Å². The first-order valence-corrected chi connectivity index (χ1v) is 8.30. The summed E-state index contributed by atoms with van der Waals surface area (Å²) >= 11 is 1.63. The molecule has 0 amide bonds. The third-order valence-electron chi connectivity index (χ3n) is 4.12. The van der Waals surface area contributed by atoms with Gasteiger partial charge < -0.3 is 10.4 Å². The average molecular weight is 306 g/mol. The Balaban J connectivity index is 1.74. The molecule has 0 unspecified atom stereocenters. The normalized spacial score (nSPS) is 17.7. The maximum absolute atomic E-state index is 10.5. The highest BCUT2D eigenvalue weighted by atomic mass is 32.1. The van der Waals surface area contributed by atoms with Gasteiger partial charge in [0.05, 0.1) is 17.5 Å². The van der Waals surface area contributed by atoms with E-state index < -0.39 is 5.60 Å². The molecule has 2 heterocycles. The fourth-order valence-corrected chi connectivity index (χ4v) is 3.93. The monoisotopic (exact) mass is 306 g/mol. The number of nitrogens with one attached hydrogen (secondary N) is 1. The van der Waals surface area contributed by atoms with Crippen molar-refractivity contribution in [1.29, 1.82) is 0 Å². The van der Waals surface area contributed by atoms with Crippen LogP contribution in [-0.2, 0) is 6.54 Å². The van der Waals surface area contributed by atoms with Crippen LogP contribution >= 0.6 is 11.3 Å². The van der Waals surface area contributed by atoms with Crippen LogP contribution in [-0.4, -0.2) is 46.2 Å². The van der Waals surface area contributed by atoms with Gasteiger partial charge in [-0.15, -0.1) is 11.3 Å². The number of rotatable bonds is 5. The lowest BCUT2D eigenvalue weighted by Crippen LogP contribution is -2.39. The Labute approximate surface area is 129 Å². The van der Waals surface area contributed by atoms with E-state index in [1.54, 1.807) is 11.3 Å². The van der Waals surface area contributed by atoms with E-state index >= 15 is 0 Å². The molecular formula is C15H22N4OS. The molecule has 1 saturated carbocycles. The van der Waals surface area contributed by atoms with Gasteiger partial charge in [0, 0.05) is 13.6 Å². The summed E-state index contributed by atoms with van der Waals surface area (Å²) in [5.74, 6) is 1.68. The van der Waals surface area contributed by atoms with Crippen LogP contribution in [0.3, 0.4) is 0 Å². The largest absolute Gasteiger partial charge is 0.389 e. The predicted molar refractivity (Wildman–Crippen MR) is 86.7 cm³/mol. The third-order valence-corrected chi connectivity index (χ3v) is 4.92. The molecule has 5 nitrogen and oxygen atoms in total. The smallest absolute Gasteiger partial charge is 0.146 e. The lowest BCUT2D eigenvalue weighted by molar-refractivity contribution is 0.0140. The molecule has 0 aliphatic heterocycles. The standard InChI is InChI=1S/C15H22N4OS/c1-16-13-11-5-8-21-14(11)18-12(17-13)9-19(2)10-15(20)6-3-4-7-15/h5,8,20H,3-4,6-7,9-10H2,1-2H3,(H,16,17,18). The summed E-state index contributed by atoms with van der Waals surface area (Å²) in [5, 5.41) is 16.7. The van der Waals surface area contributed by atoms with Gasteiger partial charge >= 0.3 is 0 Å². The van der Waals surface area contributed by atoms with Crippen LogP contribution in [0.4, 0.5) is 5.82 Å². The Bertz CT molecular complexity index is 621. The number of aromatic nitrogens is 2. The molecule has 1 aliphatic rings. The van der Waals surface area contributed by atoms with Gasteiger partial charge in [-0.3, -0.25) is 4.90 Å². The summed E-state index contributed by atoms with van der Waals surface area (Å²) in [6.07, 6.45) is 4.08. The van der Waals surface area contributed by atoms with Gasteiger partial charge in [0.15, 0.2) is 0 Å². The van der Waals surface area contributed by atoms with Gasteiger partial charge in [-0.05, 0) is 31.3 Å². The molecule has 0 atom stereocenters. The van der Waals surface area contributed by atoms with E-state index in [1.807, 2.05) is 25.5 Å². The molecule has 2 N–H and O–H groups in total. The van der Waals surface area contributed by atoms with Crippen LogP contribution in [0.5, 0.6) is 0 Å². The minimum atomic E-state index is -0.520. The van der Waals surface area contributed by atoms with Gasteiger partial charge in [0.2, 0.25) is 0 Å². The van der Waals surface area contributed by atoms with Crippen LogP contribution in [0.25, 0.3) is 10.2 Å². The van der Waals surface area contributed by atoms with Crippen molar-refractivity contribution in [2.75, 3.05) is 26.0 Å². The van der Waals surface area contributed by atoms with E-state index in [2.05, 4.69) is 20.2 Å². The van der Waals surface area contributed by atoms with Crippen molar-refractivity contribution < 1.29 is 5.11 Å². The lowest BCUT2D eigenvalue weighted by Gasteiger charge is -2.28. The summed E-state index contributed by atoms with van der Waals surface area (Å²) in [4.78, 5) is 12.4. The fraction of sp³-hybridized carbons (Fsp3) is 0.600. The predicted octanol–water partition coefficient (Wildman–Crippen LogP) is 2.47. The number of hydrogen-bond donors (Lipinski definition) is 2. The summed E-state index contributed by atoms with van der Waals surface area (Å²) in [7, 11) is 3.91. The maximum atomic E-state index is 10.5. The highest BCUT2D eigenvalue weighted by Gasteiger charge is 2.32. The van der Waals surface area contributed by atoms with E-state index in [1.165, 1.54) is 0 Å². The first-order chi connectivity index (χ1) is 10.1. The molecule has 6 heteroatoms. The number of aliphatic hydroxyl groups is 1. The fourth-order valence-electron chi connectivity index (χ4n) is 3.15. The summed E-state index contributed by atoms with van der Waals surface area (Å²) in [6, 6.07) is 2.04. The second-order valence-electron chi connectivity index (χ2n) is 5.98. The van der Waals surface area contributed by atoms with E-state index in [9.17, 15) is 5.11 Å². The topological polar surface area (TPSA) is 61.3 Å². The number of anilines is 1. The Kier molecular flexibility index (Phi) is 4.10. The molecule has 0 radical (unpaired) electrons. The van der Waals surface area contributed by atoms with Crippen molar-refractivity contribution in [3.05, 3.63) is 17.3 Å². The SMILES string of the molecule is CNc1nc(CN(C)CC2(O)CCCC2)nc2sccc12. The van der Waals surface area contributed by atoms with Gasteiger partial charge in [0.25, 0.3) is 0 Å². The molecule has 0 bridgehead atoms. The highest BCUT2D eigenvalue weighted by Crippen LogP contribution is 2.30. The first kappa shape index (κ1) is 14.7. The number of nitrogens with zero attached hydrogens (tertiary/aromatic N) is 3. The van der Waals surface area contributed by atoms with E-state index in [-0.39, 0.29) is 0 Å². The average Bonchev–Trinajstić information content (AvgIpc) is 3.06. The molecule has 2 aromatic heterocycles. The first-order valence-electron chi connectivity index (χ1n) is 7.42. The van der Waals surface area contributed by atoms with Gasteiger partial charge in [-0.25, -0.2) is 9.97 Å². The molecular weight excluding hydrogens is 284 g/mol. The summed E-state index contributed by atoms with van der Waals surface area (Å²) in [6.45, 7) is 1.35. The van der Waals surface area contributed by atoms with Gasteiger partial charge in [-0.2, -0.15) is 0 Å². The van der Waals surface area contributed by atoms with Crippen LogP contribution in [0.2, 0.25) is 0 Å². The van der Waals surface area contributed by atoms with E-state index in [0.717, 1.165) is 47.5 Å². The molecule has 1 fully saturated rings. The molecule has 0 spiro atoms. The molecule has 0 aromatic carbocycles. The number of likely N-dealkylation sites (N-methyl/N-ethyl adjacent to an activating group) is 1. The maximum Gasteiger partial charge on any atom is 0.146 e. The zero-order valence-corrected chi connectivity index (χ0v) is 13.4. The number of thiophene rings is 1. The van der Waals surface area contributed by atoms with Crippen molar-refractivity contribution in [2.45, 2.75) is 37.8 Å². The quantitative estimate of drug-likeness (QED) is 0.888. The van der Waals surface area contributed by atoms with E-state index in [0.29, 0.717) is 13.1 Å². The molecule has 1 aliphatic carbocycles. The van der Waals surface area contributed by atoms with Crippen LogP contribution in [0, 0.1) is 0 Å². The lowest BCUT2D eigenvalue weighted by atomic mass is 10.0. The van der Waals surface area contributed by atoms with Crippen molar-refractivity contribution in [3.63, 3.8) is 0 Å². The van der Waals surface area contributed by atoms with Crippen molar-refractivity contribution in [3.8, 4) is 0 Å². The Morgan fingerprint density at radius 2 is 2.14 bits per heavy atom. The Morgan fingerprint density at radius 1 is 1.38 bits per heavy atom. The molecule has 114 valence electrons. The second kappa shape index (κ2) is 5.87.